The van der Waals surface area contributed by atoms with Crippen molar-refractivity contribution in [1.29, 1.82) is 0 Å². The molecule has 1 aromatic carbocycles. The molecule has 38 heavy (non-hydrogen) atoms. The lowest BCUT2D eigenvalue weighted by molar-refractivity contribution is 0.0991. The molecule has 5 heterocycles. The Bertz CT molecular complexity index is 1740. The van der Waals surface area contributed by atoms with Gasteiger partial charge in [0, 0.05) is 36.1 Å². The average Bonchev–Trinajstić information content (AvgIpc) is 3.67. The van der Waals surface area contributed by atoms with E-state index in [-0.39, 0.29) is 23.6 Å². The van der Waals surface area contributed by atoms with Crippen LogP contribution < -0.4 is 0 Å². The highest BCUT2D eigenvalue weighted by Crippen LogP contribution is 2.31. The molecule has 0 spiro atoms. The van der Waals surface area contributed by atoms with Gasteiger partial charge in [-0.15, -0.1) is 0 Å². The number of imidazole rings is 2. The Labute approximate surface area is 214 Å². The number of carbonyl (C=O) groups is 1. The van der Waals surface area contributed by atoms with Crippen molar-refractivity contribution in [3.8, 4) is 22.6 Å². The zero-order chi connectivity index (χ0) is 26.1. The van der Waals surface area contributed by atoms with E-state index in [1.807, 2.05) is 22.9 Å². The van der Waals surface area contributed by atoms with E-state index in [4.69, 9.17) is 5.10 Å². The first kappa shape index (κ1) is 23.3. The number of hydrogen-bond acceptors (Lipinski definition) is 6. The van der Waals surface area contributed by atoms with Gasteiger partial charge in [-0.05, 0) is 54.4 Å². The maximum absolute atomic E-state index is 13.6. The van der Waals surface area contributed by atoms with Crippen LogP contribution in [0, 0.1) is 11.8 Å². The summed E-state index contributed by atoms with van der Waals surface area (Å²) in [7, 11) is 0. The molecule has 0 aliphatic carbocycles. The molecule has 0 fully saturated rings. The summed E-state index contributed by atoms with van der Waals surface area (Å²) in [4.78, 5) is 25.2. The van der Waals surface area contributed by atoms with Crippen LogP contribution in [0.2, 0.25) is 0 Å². The molecule has 0 radical (unpaired) electrons. The van der Waals surface area contributed by atoms with E-state index in [1.165, 1.54) is 24.4 Å². The lowest BCUT2D eigenvalue weighted by Gasteiger charge is -2.10. The van der Waals surface area contributed by atoms with Crippen molar-refractivity contribution in [2.24, 2.45) is 0 Å². The van der Waals surface area contributed by atoms with Crippen molar-refractivity contribution < 1.29 is 13.6 Å². The molecule has 0 atom stereocenters. The minimum Gasteiger partial charge on any atom is -0.328 e. The predicted molar refractivity (Wildman–Crippen MR) is 134 cm³/mol. The number of carbonyl (C=O) groups excluding carboxylic acids is 1. The molecular formula is C27H20F2N8O. The summed E-state index contributed by atoms with van der Waals surface area (Å²) in [5.41, 5.74) is 5.16. The number of rotatable bonds is 8. The van der Waals surface area contributed by atoms with Crippen LogP contribution in [0.4, 0.5) is 8.78 Å². The van der Waals surface area contributed by atoms with E-state index in [0.29, 0.717) is 29.3 Å². The quantitative estimate of drug-likeness (QED) is 0.241. The number of fused-ring (bicyclic) bond motifs is 1. The Kier molecular flexibility index (Phi) is 6.00. The molecule has 0 aliphatic heterocycles. The summed E-state index contributed by atoms with van der Waals surface area (Å²) in [5, 5.41) is 11.6. The number of aromatic amines is 1. The van der Waals surface area contributed by atoms with Crippen LogP contribution >= 0.6 is 0 Å². The molecule has 1 N–H and O–H groups in total. The van der Waals surface area contributed by atoms with E-state index >= 15 is 0 Å². The number of aryl methyl sites for hydroxylation is 2. The highest BCUT2D eigenvalue weighted by Gasteiger charge is 2.18. The van der Waals surface area contributed by atoms with E-state index in [9.17, 15) is 13.6 Å². The minimum absolute atomic E-state index is 0.00832. The summed E-state index contributed by atoms with van der Waals surface area (Å²) in [6.07, 6.45) is 9.01. The van der Waals surface area contributed by atoms with Crippen LogP contribution in [0.1, 0.15) is 21.6 Å². The van der Waals surface area contributed by atoms with Crippen molar-refractivity contribution in [3.63, 3.8) is 0 Å². The Hall–Kier alpha value is -5.06. The van der Waals surface area contributed by atoms with E-state index in [2.05, 4.69) is 25.1 Å². The molecule has 6 aromatic rings. The fourth-order valence-corrected chi connectivity index (χ4v) is 4.29. The summed E-state index contributed by atoms with van der Waals surface area (Å²) in [6.45, 7) is 0.620. The van der Waals surface area contributed by atoms with Crippen molar-refractivity contribution in [1.82, 2.24) is 39.3 Å². The van der Waals surface area contributed by atoms with Crippen molar-refractivity contribution in [2.45, 2.75) is 19.4 Å². The van der Waals surface area contributed by atoms with Gasteiger partial charge in [0.2, 0.25) is 5.95 Å². The number of hydrogen-bond donors (Lipinski definition) is 1. The number of H-pyrrole nitrogens is 1. The lowest BCUT2D eigenvalue weighted by atomic mass is 10.1. The number of nitrogens with one attached hydrogen (secondary N) is 1. The van der Waals surface area contributed by atoms with E-state index in [1.54, 1.807) is 35.4 Å². The zero-order valence-electron chi connectivity index (χ0n) is 19.9. The second-order valence-electron chi connectivity index (χ2n) is 8.72. The number of Topliss-reactive ketones (excluding diaryl/α,β-unsaturated/α-hetero) is 1. The third-order valence-electron chi connectivity index (χ3n) is 6.15. The van der Waals surface area contributed by atoms with Crippen molar-refractivity contribution in [3.05, 3.63) is 108 Å². The van der Waals surface area contributed by atoms with Gasteiger partial charge in [0.05, 0.1) is 42.2 Å². The zero-order valence-corrected chi connectivity index (χ0v) is 19.9. The molecule has 0 bridgehead atoms. The van der Waals surface area contributed by atoms with Gasteiger partial charge in [0.15, 0.2) is 11.4 Å². The first-order valence-corrected chi connectivity index (χ1v) is 11.8. The van der Waals surface area contributed by atoms with Crippen LogP contribution in [0.25, 0.3) is 28.3 Å². The second-order valence-corrected chi connectivity index (χ2v) is 8.72. The summed E-state index contributed by atoms with van der Waals surface area (Å²) >= 11 is 0. The molecule has 0 aliphatic rings. The molecule has 0 saturated heterocycles. The second kappa shape index (κ2) is 9.77. The minimum atomic E-state index is -0.710. The summed E-state index contributed by atoms with van der Waals surface area (Å²) < 4.78 is 30.6. The summed E-state index contributed by atoms with van der Waals surface area (Å²) in [5.74, 6) is -1.31. The summed E-state index contributed by atoms with van der Waals surface area (Å²) in [6, 6.07) is 12.4. The molecule has 0 saturated carbocycles. The Balaban J connectivity index is 1.35. The molecule has 5 aromatic heterocycles. The van der Waals surface area contributed by atoms with Gasteiger partial charge < -0.3 is 4.57 Å². The molecule has 0 unspecified atom stereocenters. The Morgan fingerprint density at radius 1 is 1.03 bits per heavy atom. The maximum Gasteiger partial charge on any atom is 0.213 e. The third-order valence-corrected chi connectivity index (χ3v) is 6.15. The number of nitrogens with zero attached hydrogens (tertiary/aromatic N) is 7. The molecule has 11 heteroatoms. The standard InChI is InChI=1S/C27H20F2N8O/c28-20-3-1-18(2-4-20)26-27(36(16-31-26)10-8-17-13-32-33-14-17)22-5-6-25-34-21(15-37(25)35-22)12-23(38)19-7-9-30-24(29)11-19/h1-7,9,11,13-16H,8,10,12H2,(H,32,33). The molecule has 9 nitrogen and oxygen atoms in total. The van der Waals surface area contributed by atoms with Gasteiger partial charge in [0.25, 0.3) is 0 Å². The number of benzene rings is 1. The number of ketones is 1. The monoisotopic (exact) mass is 510 g/mol. The SMILES string of the molecule is O=C(Cc1cn2nc(-c3c(-c4ccc(F)cc4)ncn3CCc3cn[nH]c3)ccc2n1)c1ccnc(F)c1. The lowest BCUT2D eigenvalue weighted by Crippen LogP contribution is -2.05. The topological polar surface area (TPSA) is 107 Å². The fourth-order valence-electron chi connectivity index (χ4n) is 4.29. The smallest absolute Gasteiger partial charge is 0.213 e. The Morgan fingerprint density at radius 3 is 2.68 bits per heavy atom. The Morgan fingerprint density at radius 2 is 1.89 bits per heavy atom. The van der Waals surface area contributed by atoms with Crippen molar-refractivity contribution in [2.75, 3.05) is 0 Å². The highest BCUT2D eigenvalue weighted by atomic mass is 19.1. The van der Waals surface area contributed by atoms with Gasteiger partial charge in [-0.2, -0.15) is 14.6 Å². The third kappa shape index (κ3) is 4.69. The van der Waals surface area contributed by atoms with Gasteiger partial charge in [0.1, 0.15) is 11.5 Å². The van der Waals surface area contributed by atoms with Crippen LogP contribution in [0.3, 0.4) is 0 Å². The van der Waals surface area contributed by atoms with Crippen LogP contribution in [-0.4, -0.2) is 45.1 Å². The maximum atomic E-state index is 13.6. The number of aromatic nitrogens is 8. The van der Waals surface area contributed by atoms with Gasteiger partial charge >= 0.3 is 0 Å². The van der Waals surface area contributed by atoms with Gasteiger partial charge in [-0.25, -0.2) is 23.9 Å². The number of halogens is 2. The first-order valence-electron chi connectivity index (χ1n) is 11.8. The molecular weight excluding hydrogens is 490 g/mol. The predicted octanol–water partition coefficient (Wildman–Crippen LogP) is 4.32. The van der Waals surface area contributed by atoms with E-state index < -0.39 is 5.95 Å². The van der Waals surface area contributed by atoms with E-state index in [0.717, 1.165) is 29.3 Å². The fraction of sp³-hybridized carbons (Fsp3) is 0.111. The van der Waals surface area contributed by atoms with Crippen LogP contribution in [0.15, 0.2) is 79.6 Å². The van der Waals surface area contributed by atoms with Crippen molar-refractivity contribution >= 4 is 11.4 Å². The molecule has 6 rings (SSSR count). The number of pyridine rings is 1. The van der Waals surface area contributed by atoms with Gasteiger partial charge in [-0.3, -0.25) is 9.89 Å². The highest BCUT2D eigenvalue weighted by molar-refractivity contribution is 5.97. The van der Waals surface area contributed by atoms with Crippen LogP contribution in [-0.2, 0) is 19.4 Å². The van der Waals surface area contributed by atoms with Crippen LogP contribution in [0.5, 0.6) is 0 Å². The first-order chi connectivity index (χ1) is 18.5. The molecule has 188 valence electrons. The normalized spacial score (nSPS) is 11.3. The largest absolute Gasteiger partial charge is 0.328 e. The average molecular weight is 511 g/mol. The van der Waals surface area contributed by atoms with Gasteiger partial charge in [-0.1, -0.05) is 0 Å². The molecule has 0 amide bonds.